The zero-order chi connectivity index (χ0) is 21.0. The summed E-state index contributed by atoms with van der Waals surface area (Å²) in [6, 6.07) is 2.13. The van der Waals surface area contributed by atoms with Gasteiger partial charge in [0.25, 0.3) is 5.91 Å². The fourth-order valence-electron chi connectivity index (χ4n) is 3.74. The molecule has 1 aromatic carbocycles. The molecule has 2 fully saturated rings. The number of benzene rings is 1. The number of hydrogen-bond acceptors (Lipinski definition) is 5. The SMILES string of the molecule is COC1CCN(S(=O)(=O)NC(=O)c2cc(Cl)c(OCC3CCCC3)cc2F)CC1. The number of nitrogens with zero attached hydrogens (tertiary/aromatic N) is 1. The first-order valence-electron chi connectivity index (χ1n) is 9.77. The summed E-state index contributed by atoms with van der Waals surface area (Å²) in [7, 11) is -2.51. The van der Waals surface area contributed by atoms with Gasteiger partial charge in [0, 0.05) is 26.3 Å². The van der Waals surface area contributed by atoms with Crippen LogP contribution in [0.3, 0.4) is 0 Å². The van der Waals surface area contributed by atoms with Crippen molar-refractivity contribution in [1.29, 1.82) is 0 Å². The molecule has 0 atom stereocenters. The number of halogens is 2. The molecule has 1 saturated heterocycles. The van der Waals surface area contributed by atoms with Crippen molar-refractivity contribution in [3.8, 4) is 5.75 Å². The zero-order valence-corrected chi connectivity index (χ0v) is 17.9. The number of carbonyl (C=O) groups is 1. The highest BCUT2D eigenvalue weighted by Gasteiger charge is 2.30. The Morgan fingerprint density at radius 2 is 1.90 bits per heavy atom. The van der Waals surface area contributed by atoms with E-state index in [1.54, 1.807) is 7.11 Å². The van der Waals surface area contributed by atoms with Gasteiger partial charge in [-0.1, -0.05) is 24.4 Å². The van der Waals surface area contributed by atoms with E-state index in [1.165, 1.54) is 0 Å². The van der Waals surface area contributed by atoms with Crippen LogP contribution in [-0.4, -0.2) is 51.5 Å². The molecule has 10 heteroatoms. The highest BCUT2D eigenvalue weighted by Crippen LogP contribution is 2.31. The van der Waals surface area contributed by atoms with Gasteiger partial charge < -0.3 is 9.47 Å². The van der Waals surface area contributed by atoms with Crippen LogP contribution >= 0.6 is 11.6 Å². The number of hydrogen-bond donors (Lipinski definition) is 1. The summed E-state index contributed by atoms with van der Waals surface area (Å²) >= 11 is 6.14. The summed E-state index contributed by atoms with van der Waals surface area (Å²) in [5, 5.41) is 0.0628. The molecule has 0 aromatic heterocycles. The molecule has 162 valence electrons. The summed E-state index contributed by atoms with van der Waals surface area (Å²) < 4.78 is 53.3. The summed E-state index contributed by atoms with van der Waals surface area (Å²) in [5.41, 5.74) is -0.446. The predicted molar refractivity (Wildman–Crippen MR) is 107 cm³/mol. The zero-order valence-electron chi connectivity index (χ0n) is 16.3. The highest BCUT2D eigenvalue weighted by molar-refractivity contribution is 7.87. The van der Waals surface area contributed by atoms with E-state index in [2.05, 4.69) is 0 Å². The van der Waals surface area contributed by atoms with Gasteiger partial charge in [-0.15, -0.1) is 0 Å². The molecule has 1 amide bonds. The maximum atomic E-state index is 14.5. The Morgan fingerprint density at radius 1 is 1.24 bits per heavy atom. The smallest absolute Gasteiger partial charge is 0.304 e. The molecular weight excluding hydrogens is 423 g/mol. The molecule has 3 rings (SSSR count). The van der Waals surface area contributed by atoms with E-state index in [9.17, 15) is 17.6 Å². The van der Waals surface area contributed by atoms with Crippen LogP contribution in [0.4, 0.5) is 4.39 Å². The van der Waals surface area contributed by atoms with Crippen molar-refractivity contribution < 1.29 is 27.1 Å². The van der Waals surface area contributed by atoms with Gasteiger partial charge in [0.1, 0.15) is 11.6 Å². The number of amides is 1. The standard InChI is InChI=1S/C19H26ClFN2O5S/c1-27-14-6-8-23(9-7-14)29(25,26)22-19(24)15-10-16(20)18(11-17(15)21)28-12-13-4-2-3-5-13/h10-11,13-14H,2-9,12H2,1H3,(H,22,24). The topological polar surface area (TPSA) is 84.9 Å². The maximum absolute atomic E-state index is 14.5. The summed E-state index contributed by atoms with van der Waals surface area (Å²) in [4.78, 5) is 12.4. The van der Waals surface area contributed by atoms with Gasteiger partial charge in [0.05, 0.1) is 23.3 Å². The van der Waals surface area contributed by atoms with E-state index in [-0.39, 0.29) is 30.0 Å². The van der Waals surface area contributed by atoms with Crippen LogP contribution in [0.15, 0.2) is 12.1 Å². The minimum atomic E-state index is -4.09. The van der Waals surface area contributed by atoms with Crippen molar-refractivity contribution in [2.75, 3.05) is 26.8 Å². The van der Waals surface area contributed by atoms with E-state index >= 15 is 0 Å². The van der Waals surface area contributed by atoms with Crippen molar-refractivity contribution in [1.82, 2.24) is 9.03 Å². The second-order valence-corrected chi connectivity index (χ2v) is 9.57. The normalized spacial score (nSPS) is 19.4. The average molecular weight is 449 g/mol. The van der Waals surface area contributed by atoms with Crippen LogP contribution in [0, 0.1) is 11.7 Å². The first-order chi connectivity index (χ1) is 13.8. The van der Waals surface area contributed by atoms with Crippen molar-refractivity contribution in [2.45, 2.75) is 44.6 Å². The molecule has 0 bridgehead atoms. The summed E-state index contributed by atoms with van der Waals surface area (Å²) in [5.74, 6) is -1.39. The lowest BCUT2D eigenvalue weighted by molar-refractivity contribution is 0.0601. The van der Waals surface area contributed by atoms with Gasteiger partial charge in [-0.2, -0.15) is 12.7 Å². The Balaban J connectivity index is 1.64. The second-order valence-electron chi connectivity index (χ2n) is 7.49. The van der Waals surface area contributed by atoms with Crippen LogP contribution in [0.1, 0.15) is 48.9 Å². The van der Waals surface area contributed by atoms with Crippen molar-refractivity contribution in [3.05, 3.63) is 28.5 Å². The molecule has 0 spiro atoms. The van der Waals surface area contributed by atoms with Gasteiger partial charge in [0.2, 0.25) is 0 Å². The Hall–Kier alpha value is -1.42. The Labute approximate surface area is 175 Å². The molecular formula is C19H26ClFN2O5S. The van der Waals surface area contributed by atoms with Gasteiger partial charge in [-0.3, -0.25) is 4.79 Å². The number of rotatable bonds is 7. The Morgan fingerprint density at radius 3 is 2.52 bits per heavy atom. The quantitative estimate of drug-likeness (QED) is 0.692. The first-order valence-corrected chi connectivity index (χ1v) is 11.6. The summed E-state index contributed by atoms with van der Waals surface area (Å²) in [6.07, 6.45) is 5.50. The van der Waals surface area contributed by atoms with Crippen LogP contribution in [-0.2, 0) is 14.9 Å². The lowest BCUT2D eigenvalue weighted by Crippen LogP contribution is -2.48. The molecule has 1 heterocycles. The van der Waals surface area contributed by atoms with Gasteiger partial charge >= 0.3 is 10.2 Å². The molecule has 0 radical (unpaired) electrons. The molecule has 1 N–H and O–H groups in total. The van der Waals surface area contributed by atoms with E-state index < -0.39 is 27.5 Å². The van der Waals surface area contributed by atoms with Gasteiger partial charge in [-0.25, -0.2) is 9.11 Å². The highest BCUT2D eigenvalue weighted by atomic mass is 35.5. The molecule has 1 aromatic rings. The molecule has 7 nitrogen and oxygen atoms in total. The largest absolute Gasteiger partial charge is 0.492 e. The predicted octanol–water partition coefficient (Wildman–Crippen LogP) is 3.13. The van der Waals surface area contributed by atoms with Crippen LogP contribution in [0.5, 0.6) is 5.75 Å². The van der Waals surface area contributed by atoms with Crippen molar-refractivity contribution >= 4 is 27.7 Å². The molecule has 29 heavy (non-hydrogen) atoms. The molecule has 1 saturated carbocycles. The second kappa shape index (κ2) is 9.59. The molecule has 1 aliphatic heterocycles. The van der Waals surface area contributed by atoms with Crippen molar-refractivity contribution in [3.63, 3.8) is 0 Å². The lowest BCUT2D eigenvalue weighted by atomic mass is 10.1. The minimum absolute atomic E-state index is 0.00909. The third-order valence-corrected chi connectivity index (χ3v) is 7.30. The molecule has 0 unspecified atom stereocenters. The first kappa shape index (κ1) is 22.3. The van der Waals surface area contributed by atoms with E-state index in [0.717, 1.165) is 42.1 Å². The maximum Gasteiger partial charge on any atom is 0.304 e. The Kier molecular flexibility index (Phi) is 7.37. The van der Waals surface area contributed by atoms with Crippen molar-refractivity contribution in [2.24, 2.45) is 5.92 Å². The van der Waals surface area contributed by atoms with Crippen LogP contribution in [0.25, 0.3) is 0 Å². The third kappa shape index (κ3) is 5.59. The number of carbonyl (C=O) groups excluding carboxylic acids is 1. The van der Waals surface area contributed by atoms with E-state index in [4.69, 9.17) is 21.1 Å². The van der Waals surface area contributed by atoms with Gasteiger partial charge in [0.15, 0.2) is 0 Å². The minimum Gasteiger partial charge on any atom is -0.492 e. The van der Waals surface area contributed by atoms with E-state index in [0.29, 0.717) is 25.4 Å². The fourth-order valence-corrected chi connectivity index (χ4v) is 5.13. The van der Waals surface area contributed by atoms with E-state index in [1.807, 2.05) is 4.72 Å². The van der Waals surface area contributed by atoms with Gasteiger partial charge in [-0.05, 0) is 37.7 Å². The van der Waals surface area contributed by atoms with Crippen LogP contribution < -0.4 is 9.46 Å². The van der Waals surface area contributed by atoms with Crippen LogP contribution in [0.2, 0.25) is 5.02 Å². The summed E-state index contributed by atoms with van der Waals surface area (Å²) in [6.45, 7) is 0.882. The monoisotopic (exact) mass is 448 g/mol. The number of nitrogens with one attached hydrogen (secondary N) is 1. The molecule has 2 aliphatic rings. The third-order valence-electron chi connectivity index (χ3n) is 5.51. The number of piperidine rings is 1. The molecule has 1 aliphatic carbocycles. The Bertz CT molecular complexity index is 837. The average Bonchev–Trinajstić information content (AvgIpc) is 3.21. The fraction of sp³-hybridized carbons (Fsp3) is 0.632. The number of methoxy groups -OCH3 is 1. The number of ether oxygens (including phenoxy) is 2. The lowest BCUT2D eigenvalue weighted by Gasteiger charge is -2.30.